The molecule has 0 unspecified atom stereocenters. The fourth-order valence-electron chi connectivity index (χ4n) is 2.23. The number of hydrogen-bond donors (Lipinski definition) is 2. The highest BCUT2D eigenvalue weighted by atomic mass is 16.5. The third-order valence-corrected chi connectivity index (χ3v) is 3.57. The molecular formula is C17H26N6O2. The van der Waals surface area contributed by atoms with E-state index in [1.807, 2.05) is 32.3 Å². The number of nitrogens with one attached hydrogen (secondary N) is 2. The fourth-order valence-corrected chi connectivity index (χ4v) is 2.23. The van der Waals surface area contributed by atoms with Gasteiger partial charge in [-0.1, -0.05) is 6.07 Å². The average molecular weight is 346 g/mol. The van der Waals surface area contributed by atoms with E-state index >= 15 is 0 Å². The van der Waals surface area contributed by atoms with Gasteiger partial charge in [0.05, 0.1) is 20.4 Å². The first kappa shape index (κ1) is 18.7. The maximum atomic E-state index is 5.32. The molecule has 2 aromatic rings. The summed E-state index contributed by atoms with van der Waals surface area (Å²) in [5, 5.41) is 14.4. The van der Waals surface area contributed by atoms with Crippen LogP contribution in [-0.4, -0.2) is 68.0 Å². The molecule has 8 heteroatoms. The van der Waals surface area contributed by atoms with Crippen LogP contribution in [-0.2, 0) is 6.42 Å². The number of anilines is 2. The van der Waals surface area contributed by atoms with Crippen LogP contribution < -0.4 is 20.1 Å². The molecule has 0 fully saturated rings. The van der Waals surface area contributed by atoms with Crippen LogP contribution in [0.4, 0.5) is 11.8 Å². The van der Waals surface area contributed by atoms with Gasteiger partial charge in [0.2, 0.25) is 5.95 Å². The highest BCUT2D eigenvalue weighted by Crippen LogP contribution is 2.27. The molecule has 0 saturated heterocycles. The number of methoxy groups -OCH3 is 2. The molecule has 0 amide bonds. The average Bonchev–Trinajstić information content (AvgIpc) is 2.61. The van der Waals surface area contributed by atoms with E-state index in [4.69, 9.17) is 9.47 Å². The third-order valence-electron chi connectivity index (χ3n) is 3.57. The van der Waals surface area contributed by atoms with E-state index in [-0.39, 0.29) is 0 Å². The Balaban J connectivity index is 1.85. The Hall–Kier alpha value is -2.61. The zero-order valence-corrected chi connectivity index (χ0v) is 15.2. The maximum Gasteiger partial charge on any atom is 0.244 e. The Morgan fingerprint density at radius 1 is 1.04 bits per heavy atom. The molecule has 0 aliphatic heterocycles. The molecular weight excluding hydrogens is 320 g/mol. The normalized spacial score (nSPS) is 10.6. The quantitative estimate of drug-likeness (QED) is 0.670. The number of likely N-dealkylation sites (N-methyl/N-ethyl adjacent to an activating group) is 1. The van der Waals surface area contributed by atoms with Crippen LogP contribution >= 0.6 is 0 Å². The lowest BCUT2D eigenvalue weighted by Gasteiger charge is -2.11. The van der Waals surface area contributed by atoms with Crippen LogP contribution in [0, 0.1) is 0 Å². The summed E-state index contributed by atoms with van der Waals surface area (Å²) in [7, 11) is 7.31. The molecule has 0 saturated carbocycles. The monoisotopic (exact) mass is 346 g/mol. The van der Waals surface area contributed by atoms with Crippen LogP contribution in [0.25, 0.3) is 0 Å². The van der Waals surface area contributed by atoms with E-state index in [2.05, 4.69) is 30.7 Å². The van der Waals surface area contributed by atoms with Gasteiger partial charge in [-0.05, 0) is 38.2 Å². The van der Waals surface area contributed by atoms with Gasteiger partial charge in [0.25, 0.3) is 0 Å². The van der Waals surface area contributed by atoms with Gasteiger partial charge in [-0.2, -0.15) is 10.1 Å². The molecule has 0 radical (unpaired) electrons. The Kier molecular flexibility index (Phi) is 7.21. The standard InChI is InChI=1S/C17H26N6O2/c1-23(2)10-9-19-17-21-16(12-20-22-17)18-8-7-13-5-6-14(24-3)15(11-13)25-4/h5-6,11-12H,7-10H2,1-4H3,(H2,18,19,21,22). The van der Waals surface area contributed by atoms with Crippen LogP contribution in [0.3, 0.4) is 0 Å². The Labute approximate surface area is 148 Å². The maximum absolute atomic E-state index is 5.32. The van der Waals surface area contributed by atoms with Crippen LogP contribution in [0.1, 0.15) is 5.56 Å². The number of ether oxygens (including phenoxy) is 2. The predicted molar refractivity (Wildman–Crippen MR) is 98.6 cm³/mol. The second-order valence-corrected chi connectivity index (χ2v) is 5.76. The zero-order chi connectivity index (χ0) is 18.1. The lowest BCUT2D eigenvalue weighted by atomic mass is 10.1. The third kappa shape index (κ3) is 6.07. The summed E-state index contributed by atoms with van der Waals surface area (Å²) in [5.41, 5.74) is 1.15. The number of rotatable bonds is 10. The summed E-state index contributed by atoms with van der Waals surface area (Å²) in [5.74, 6) is 2.68. The van der Waals surface area contributed by atoms with Gasteiger partial charge in [0.15, 0.2) is 17.3 Å². The van der Waals surface area contributed by atoms with E-state index in [0.717, 1.165) is 43.1 Å². The molecule has 2 N–H and O–H groups in total. The molecule has 0 bridgehead atoms. The first-order valence-electron chi connectivity index (χ1n) is 8.15. The van der Waals surface area contributed by atoms with Crippen molar-refractivity contribution in [2.24, 2.45) is 0 Å². The minimum Gasteiger partial charge on any atom is -0.493 e. The van der Waals surface area contributed by atoms with Crippen LogP contribution in [0.2, 0.25) is 0 Å². The molecule has 136 valence electrons. The molecule has 0 aliphatic carbocycles. The fraction of sp³-hybridized carbons (Fsp3) is 0.471. The summed E-state index contributed by atoms with van der Waals surface area (Å²) in [4.78, 5) is 6.49. The van der Waals surface area contributed by atoms with Gasteiger partial charge in [0, 0.05) is 19.6 Å². The van der Waals surface area contributed by atoms with Gasteiger partial charge in [0.1, 0.15) is 0 Å². The predicted octanol–water partition coefficient (Wildman–Crippen LogP) is 1.52. The summed E-state index contributed by atoms with van der Waals surface area (Å²) >= 11 is 0. The molecule has 1 aromatic carbocycles. The van der Waals surface area contributed by atoms with E-state index < -0.39 is 0 Å². The summed E-state index contributed by atoms with van der Waals surface area (Å²) in [6.07, 6.45) is 2.44. The molecule has 2 rings (SSSR count). The smallest absolute Gasteiger partial charge is 0.244 e. The Morgan fingerprint density at radius 3 is 2.56 bits per heavy atom. The topological polar surface area (TPSA) is 84.4 Å². The van der Waals surface area contributed by atoms with Gasteiger partial charge in [-0.25, -0.2) is 0 Å². The number of benzene rings is 1. The van der Waals surface area contributed by atoms with Gasteiger partial charge >= 0.3 is 0 Å². The molecule has 1 heterocycles. The first-order valence-corrected chi connectivity index (χ1v) is 8.15. The molecule has 8 nitrogen and oxygen atoms in total. The number of nitrogens with zero attached hydrogens (tertiary/aromatic N) is 4. The highest BCUT2D eigenvalue weighted by Gasteiger charge is 2.05. The Bertz CT molecular complexity index is 665. The molecule has 0 spiro atoms. The highest BCUT2D eigenvalue weighted by molar-refractivity contribution is 5.43. The summed E-state index contributed by atoms with van der Waals surface area (Å²) < 4.78 is 10.6. The van der Waals surface area contributed by atoms with Crippen LogP contribution in [0.15, 0.2) is 24.4 Å². The second-order valence-electron chi connectivity index (χ2n) is 5.76. The van der Waals surface area contributed by atoms with Gasteiger partial charge in [-0.15, -0.1) is 5.10 Å². The minimum atomic E-state index is 0.526. The largest absolute Gasteiger partial charge is 0.493 e. The second kappa shape index (κ2) is 9.63. The van der Waals surface area contributed by atoms with Crippen molar-refractivity contribution in [3.05, 3.63) is 30.0 Å². The van der Waals surface area contributed by atoms with Crippen LogP contribution in [0.5, 0.6) is 11.5 Å². The van der Waals surface area contributed by atoms with Crippen molar-refractivity contribution >= 4 is 11.8 Å². The van der Waals surface area contributed by atoms with Crippen molar-refractivity contribution in [1.82, 2.24) is 20.1 Å². The van der Waals surface area contributed by atoms with Crippen molar-refractivity contribution in [2.75, 3.05) is 58.6 Å². The Morgan fingerprint density at radius 2 is 1.84 bits per heavy atom. The first-order chi connectivity index (χ1) is 12.1. The summed E-state index contributed by atoms with van der Waals surface area (Å²) in [6, 6.07) is 5.91. The molecule has 1 aromatic heterocycles. The molecule has 0 atom stereocenters. The lowest BCUT2D eigenvalue weighted by molar-refractivity contribution is 0.354. The summed E-state index contributed by atoms with van der Waals surface area (Å²) in [6.45, 7) is 2.40. The van der Waals surface area contributed by atoms with E-state index in [0.29, 0.717) is 11.8 Å². The van der Waals surface area contributed by atoms with Crippen molar-refractivity contribution in [2.45, 2.75) is 6.42 Å². The van der Waals surface area contributed by atoms with Crippen molar-refractivity contribution < 1.29 is 9.47 Å². The number of hydrogen-bond acceptors (Lipinski definition) is 8. The van der Waals surface area contributed by atoms with Gasteiger partial charge in [-0.3, -0.25) is 0 Å². The van der Waals surface area contributed by atoms with Crippen molar-refractivity contribution in [1.29, 1.82) is 0 Å². The molecule has 0 aliphatic rings. The van der Waals surface area contributed by atoms with E-state index in [1.165, 1.54) is 0 Å². The van der Waals surface area contributed by atoms with Crippen molar-refractivity contribution in [3.8, 4) is 11.5 Å². The minimum absolute atomic E-state index is 0.526. The SMILES string of the molecule is COc1ccc(CCNc2cnnc(NCCN(C)C)n2)cc1OC. The number of aromatic nitrogens is 3. The van der Waals surface area contributed by atoms with E-state index in [1.54, 1.807) is 20.4 Å². The molecule has 25 heavy (non-hydrogen) atoms. The zero-order valence-electron chi connectivity index (χ0n) is 15.2. The lowest BCUT2D eigenvalue weighted by Crippen LogP contribution is -2.21. The van der Waals surface area contributed by atoms with E-state index in [9.17, 15) is 0 Å². The van der Waals surface area contributed by atoms with Gasteiger partial charge < -0.3 is 25.0 Å². The van der Waals surface area contributed by atoms with Crippen molar-refractivity contribution in [3.63, 3.8) is 0 Å².